The zero-order valence-electron chi connectivity index (χ0n) is 16.2. The van der Waals surface area contributed by atoms with E-state index in [0.717, 1.165) is 45.2 Å². The summed E-state index contributed by atoms with van der Waals surface area (Å²) in [6, 6.07) is 8.62. The van der Waals surface area contributed by atoms with Crippen LogP contribution in [0.5, 0.6) is 0 Å². The molecule has 1 saturated heterocycles. The Balaban J connectivity index is 1.29. The van der Waals surface area contributed by atoms with E-state index in [2.05, 4.69) is 51.6 Å². The second kappa shape index (κ2) is 9.93. The maximum absolute atomic E-state index is 12.2. The molecular weight excluding hydrogens is 324 g/mol. The summed E-state index contributed by atoms with van der Waals surface area (Å²) in [5.74, 6) is 0. The number of amides is 2. The van der Waals surface area contributed by atoms with Crippen LogP contribution in [0.15, 0.2) is 24.3 Å². The highest BCUT2D eigenvalue weighted by Gasteiger charge is 2.21. The molecule has 1 aliphatic carbocycles. The van der Waals surface area contributed by atoms with Crippen molar-refractivity contribution in [1.29, 1.82) is 0 Å². The Hall–Kier alpha value is -1.59. The lowest BCUT2D eigenvalue weighted by Crippen LogP contribution is -2.46. The predicted octanol–water partition coefficient (Wildman–Crippen LogP) is 2.78. The number of piperazine rings is 1. The SMILES string of the molecule is CCN1CCN(CCCCNC(=O)NC2CCCc3ccccc32)CC1. The van der Waals surface area contributed by atoms with Crippen molar-refractivity contribution in [3.05, 3.63) is 35.4 Å². The van der Waals surface area contributed by atoms with Crippen molar-refractivity contribution in [2.24, 2.45) is 0 Å². The molecule has 2 N–H and O–H groups in total. The van der Waals surface area contributed by atoms with Crippen LogP contribution in [0.2, 0.25) is 0 Å². The molecule has 1 aromatic rings. The number of carbonyl (C=O) groups is 1. The van der Waals surface area contributed by atoms with E-state index in [1.807, 2.05) is 0 Å². The summed E-state index contributed by atoms with van der Waals surface area (Å²) in [5.41, 5.74) is 2.67. The van der Waals surface area contributed by atoms with E-state index >= 15 is 0 Å². The molecule has 1 unspecified atom stereocenters. The largest absolute Gasteiger partial charge is 0.338 e. The number of benzene rings is 1. The van der Waals surface area contributed by atoms with E-state index in [1.165, 1.54) is 43.9 Å². The van der Waals surface area contributed by atoms with Crippen LogP contribution in [0.4, 0.5) is 4.79 Å². The van der Waals surface area contributed by atoms with Gasteiger partial charge in [0.25, 0.3) is 0 Å². The lowest BCUT2D eigenvalue weighted by molar-refractivity contribution is 0.135. The molecule has 1 atom stereocenters. The lowest BCUT2D eigenvalue weighted by Gasteiger charge is -2.34. The van der Waals surface area contributed by atoms with Gasteiger partial charge < -0.3 is 20.4 Å². The molecule has 0 aromatic heterocycles. The Morgan fingerprint density at radius 2 is 1.88 bits per heavy atom. The number of unbranched alkanes of at least 4 members (excludes halogenated alkanes) is 1. The summed E-state index contributed by atoms with van der Waals surface area (Å²) in [4.78, 5) is 17.3. The van der Waals surface area contributed by atoms with Gasteiger partial charge in [-0.2, -0.15) is 0 Å². The topological polar surface area (TPSA) is 47.6 Å². The minimum Gasteiger partial charge on any atom is -0.338 e. The first-order chi connectivity index (χ1) is 12.8. The summed E-state index contributed by atoms with van der Waals surface area (Å²) in [6.45, 7) is 10.1. The highest BCUT2D eigenvalue weighted by Crippen LogP contribution is 2.29. The molecular formula is C21H34N4O. The van der Waals surface area contributed by atoms with Gasteiger partial charge in [-0.3, -0.25) is 0 Å². The number of hydrogen-bond acceptors (Lipinski definition) is 3. The third-order valence-electron chi connectivity index (χ3n) is 5.77. The Morgan fingerprint density at radius 3 is 2.69 bits per heavy atom. The lowest BCUT2D eigenvalue weighted by atomic mass is 9.88. The van der Waals surface area contributed by atoms with Gasteiger partial charge in [-0.1, -0.05) is 31.2 Å². The van der Waals surface area contributed by atoms with E-state index in [4.69, 9.17) is 0 Å². The van der Waals surface area contributed by atoms with Crippen LogP contribution in [-0.4, -0.2) is 61.6 Å². The Kier molecular flexibility index (Phi) is 7.32. The molecule has 1 aliphatic heterocycles. The molecule has 5 nitrogen and oxygen atoms in total. The molecule has 26 heavy (non-hydrogen) atoms. The van der Waals surface area contributed by atoms with Crippen LogP contribution in [0.1, 0.15) is 49.8 Å². The number of hydrogen-bond donors (Lipinski definition) is 2. The third kappa shape index (κ3) is 5.45. The van der Waals surface area contributed by atoms with Crippen molar-refractivity contribution in [1.82, 2.24) is 20.4 Å². The number of carbonyl (C=O) groups excluding carboxylic acids is 1. The molecule has 2 aliphatic rings. The maximum atomic E-state index is 12.2. The van der Waals surface area contributed by atoms with E-state index < -0.39 is 0 Å². The zero-order chi connectivity index (χ0) is 18.2. The van der Waals surface area contributed by atoms with Gasteiger partial charge in [0.2, 0.25) is 0 Å². The summed E-state index contributed by atoms with van der Waals surface area (Å²) >= 11 is 0. The first-order valence-corrected chi connectivity index (χ1v) is 10.3. The first kappa shape index (κ1) is 19.2. The van der Waals surface area contributed by atoms with Gasteiger partial charge in [-0.25, -0.2) is 4.79 Å². The quantitative estimate of drug-likeness (QED) is 0.737. The number of nitrogens with one attached hydrogen (secondary N) is 2. The average Bonchev–Trinajstić information content (AvgIpc) is 2.68. The van der Waals surface area contributed by atoms with Crippen LogP contribution in [-0.2, 0) is 6.42 Å². The van der Waals surface area contributed by atoms with Crippen LogP contribution in [0.3, 0.4) is 0 Å². The molecule has 1 heterocycles. The molecule has 0 bridgehead atoms. The van der Waals surface area contributed by atoms with Crippen LogP contribution >= 0.6 is 0 Å². The third-order valence-corrected chi connectivity index (χ3v) is 5.77. The van der Waals surface area contributed by atoms with Crippen molar-refractivity contribution in [2.75, 3.05) is 45.8 Å². The van der Waals surface area contributed by atoms with Gasteiger partial charge >= 0.3 is 6.03 Å². The van der Waals surface area contributed by atoms with Crippen molar-refractivity contribution in [3.63, 3.8) is 0 Å². The van der Waals surface area contributed by atoms with Gasteiger partial charge in [-0.05, 0) is 56.3 Å². The van der Waals surface area contributed by atoms with Gasteiger partial charge in [0.1, 0.15) is 0 Å². The van der Waals surface area contributed by atoms with Gasteiger partial charge in [-0.15, -0.1) is 0 Å². The Labute approximate surface area is 158 Å². The zero-order valence-corrected chi connectivity index (χ0v) is 16.2. The number of urea groups is 1. The summed E-state index contributed by atoms with van der Waals surface area (Å²) in [6.07, 6.45) is 5.51. The van der Waals surface area contributed by atoms with E-state index in [-0.39, 0.29) is 12.1 Å². The standard InChI is InChI=1S/C21H34N4O/c1-2-24-14-16-25(17-15-24)13-6-5-12-22-21(26)23-20-11-7-9-18-8-3-4-10-19(18)20/h3-4,8,10,20H,2,5-7,9,11-17H2,1H3,(H2,22,23,26). The van der Waals surface area contributed by atoms with Crippen LogP contribution in [0, 0.1) is 0 Å². The molecule has 5 heteroatoms. The van der Waals surface area contributed by atoms with Crippen molar-refractivity contribution < 1.29 is 4.79 Å². The average molecular weight is 359 g/mol. The number of fused-ring (bicyclic) bond motifs is 1. The van der Waals surface area contributed by atoms with Gasteiger partial charge in [0, 0.05) is 32.7 Å². The Morgan fingerprint density at radius 1 is 1.12 bits per heavy atom. The fourth-order valence-electron chi connectivity index (χ4n) is 4.10. The predicted molar refractivity (Wildman–Crippen MR) is 106 cm³/mol. The molecule has 1 aromatic carbocycles. The molecule has 3 rings (SSSR count). The minimum absolute atomic E-state index is 0.0248. The highest BCUT2D eigenvalue weighted by molar-refractivity contribution is 5.74. The van der Waals surface area contributed by atoms with Crippen LogP contribution < -0.4 is 10.6 Å². The second-order valence-corrected chi connectivity index (χ2v) is 7.53. The number of aryl methyl sites for hydroxylation is 1. The molecule has 0 saturated carbocycles. The maximum Gasteiger partial charge on any atom is 0.315 e. The Bertz CT molecular complexity index is 569. The fraction of sp³-hybridized carbons (Fsp3) is 0.667. The number of rotatable bonds is 7. The summed E-state index contributed by atoms with van der Waals surface area (Å²) < 4.78 is 0. The monoisotopic (exact) mass is 358 g/mol. The van der Waals surface area contributed by atoms with Crippen molar-refractivity contribution >= 4 is 6.03 Å². The first-order valence-electron chi connectivity index (χ1n) is 10.3. The van der Waals surface area contributed by atoms with E-state index in [0.29, 0.717) is 0 Å². The van der Waals surface area contributed by atoms with Crippen molar-refractivity contribution in [2.45, 2.75) is 45.1 Å². The molecule has 144 valence electrons. The van der Waals surface area contributed by atoms with Crippen LogP contribution in [0.25, 0.3) is 0 Å². The molecule has 0 radical (unpaired) electrons. The second-order valence-electron chi connectivity index (χ2n) is 7.53. The molecule has 1 fully saturated rings. The fourth-order valence-corrected chi connectivity index (χ4v) is 4.10. The van der Waals surface area contributed by atoms with E-state index in [9.17, 15) is 4.79 Å². The van der Waals surface area contributed by atoms with Gasteiger partial charge in [0.05, 0.1) is 6.04 Å². The minimum atomic E-state index is -0.0248. The van der Waals surface area contributed by atoms with Gasteiger partial charge in [0.15, 0.2) is 0 Å². The molecule has 2 amide bonds. The smallest absolute Gasteiger partial charge is 0.315 e. The normalized spacial score (nSPS) is 21.2. The molecule has 0 spiro atoms. The summed E-state index contributed by atoms with van der Waals surface area (Å²) in [7, 11) is 0. The number of nitrogens with zero attached hydrogens (tertiary/aromatic N) is 2. The van der Waals surface area contributed by atoms with E-state index in [1.54, 1.807) is 0 Å². The number of likely N-dealkylation sites (N-methyl/N-ethyl adjacent to an activating group) is 1. The summed E-state index contributed by atoms with van der Waals surface area (Å²) in [5, 5.41) is 6.20. The van der Waals surface area contributed by atoms with Crippen molar-refractivity contribution in [3.8, 4) is 0 Å². The highest BCUT2D eigenvalue weighted by atomic mass is 16.2.